The summed E-state index contributed by atoms with van der Waals surface area (Å²) < 4.78 is 22.7. The van der Waals surface area contributed by atoms with Crippen molar-refractivity contribution < 1.29 is 33.3 Å². The number of carbonyl (C=O) groups is 3. The van der Waals surface area contributed by atoms with Crippen molar-refractivity contribution in [2.45, 2.75) is 97.8 Å². The van der Waals surface area contributed by atoms with E-state index in [1.165, 1.54) is 0 Å². The van der Waals surface area contributed by atoms with Gasteiger partial charge < -0.3 is 33.6 Å². The fraction of sp³-hybridized carbons (Fsp3) is 0.750. The highest BCUT2D eigenvalue weighted by Gasteiger charge is 2.44. The van der Waals surface area contributed by atoms with Crippen molar-refractivity contribution >= 4 is 17.9 Å². The minimum absolute atomic E-state index is 0.0118. The topological polar surface area (TPSA) is 97.9 Å². The summed E-state index contributed by atoms with van der Waals surface area (Å²) in [5.74, 6) is 0.717. The average molecular weight is 644 g/mol. The summed E-state index contributed by atoms with van der Waals surface area (Å²) in [7, 11) is 1.67. The molecule has 0 bridgehead atoms. The molecule has 2 heterocycles. The molecule has 0 N–H and O–H groups in total. The quantitative estimate of drug-likeness (QED) is 0.250. The van der Waals surface area contributed by atoms with Crippen molar-refractivity contribution in [1.29, 1.82) is 0 Å². The summed E-state index contributed by atoms with van der Waals surface area (Å²) in [5, 5.41) is 0. The van der Waals surface area contributed by atoms with Crippen LogP contribution in [0.4, 0.5) is 4.79 Å². The summed E-state index contributed by atoms with van der Waals surface area (Å²) >= 11 is 0. The molecule has 3 atom stereocenters. The monoisotopic (exact) mass is 643 g/mol. The van der Waals surface area contributed by atoms with Crippen LogP contribution in [0.25, 0.3) is 0 Å². The first-order chi connectivity index (χ1) is 21.9. The molecule has 4 rings (SSSR count). The van der Waals surface area contributed by atoms with E-state index >= 15 is 0 Å². The van der Waals surface area contributed by atoms with Crippen molar-refractivity contribution in [2.75, 3.05) is 59.7 Å². The van der Waals surface area contributed by atoms with Crippen LogP contribution in [0.2, 0.25) is 0 Å². The highest BCUT2D eigenvalue weighted by Crippen LogP contribution is 2.35. The number of carbonyl (C=O) groups excluding carboxylic acids is 3. The predicted molar refractivity (Wildman–Crippen MR) is 177 cm³/mol. The molecule has 10 nitrogen and oxygen atoms in total. The summed E-state index contributed by atoms with van der Waals surface area (Å²) in [4.78, 5) is 46.9. The lowest BCUT2D eigenvalue weighted by atomic mass is 9.92. The number of hydrogen-bond acceptors (Lipinski definition) is 7. The van der Waals surface area contributed by atoms with Gasteiger partial charge in [0, 0.05) is 82.4 Å². The maximum atomic E-state index is 14.1. The van der Waals surface area contributed by atoms with Gasteiger partial charge in [0.15, 0.2) is 0 Å². The highest BCUT2D eigenvalue weighted by atomic mass is 16.6. The second kappa shape index (κ2) is 16.3. The lowest BCUT2D eigenvalue weighted by molar-refractivity contribution is -0.141. The molecule has 0 radical (unpaired) electrons. The Bertz CT molecular complexity index is 1170. The van der Waals surface area contributed by atoms with E-state index < -0.39 is 5.60 Å². The van der Waals surface area contributed by atoms with Crippen LogP contribution < -0.4 is 4.74 Å². The van der Waals surface area contributed by atoms with E-state index in [0.29, 0.717) is 58.2 Å². The zero-order valence-electron chi connectivity index (χ0n) is 29.2. The Morgan fingerprint density at radius 3 is 2.35 bits per heavy atom. The number of amides is 3. The van der Waals surface area contributed by atoms with E-state index in [0.717, 1.165) is 49.8 Å². The Balaban J connectivity index is 1.55. The van der Waals surface area contributed by atoms with Crippen molar-refractivity contribution in [3.05, 3.63) is 29.3 Å². The maximum Gasteiger partial charge on any atom is 0.410 e. The molecule has 3 amide bonds. The van der Waals surface area contributed by atoms with Gasteiger partial charge in [0.05, 0.1) is 19.1 Å². The lowest BCUT2D eigenvalue weighted by Crippen LogP contribution is -2.47. The standard InChI is InChI=1S/C36H57N3O7/c1-8-26-12-13-27(19-32(26)45-18-10-16-43-7)33(40)38(25(2)3)22-29-20-37(35(42)46-36(4,5)6)21-30(29)23-39(31-14-15-31)34(41)28-11-9-17-44-24-28/h12-13,19,25,28-31H,8-11,14-18,20-24H2,1-7H3/t28?,29-,30-/m0/s1. The molecule has 46 heavy (non-hydrogen) atoms. The first-order valence-electron chi connectivity index (χ1n) is 17.3. The second-order valence-corrected chi connectivity index (χ2v) is 14.5. The van der Waals surface area contributed by atoms with E-state index in [1.807, 2.05) is 57.7 Å². The smallest absolute Gasteiger partial charge is 0.410 e. The van der Waals surface area contributed by atoms with E-state index in [4.69, 9.17) is 18.9 Å². The molecule has 1 aromatic rings. The molecule has 3 aliphatic rings. The van der Waals surface area contributed by atoms with Gasteiger partial charge in [-0.25, -0.2) is 4.79 Å². The van der Waals surface area contributed by atoms with Crippen LogP contribution in [0.15, 0.2) is 18.2 Å². The van der Waals surface area contributed by atoms with Crippen molar-refractivity contribution in [2.24, 2.45) is 17.8 Å². The number of hydrogen-bond donors (Lipinski definition) is 0. The summed E-state index contributed by atoms with van der Waals surface area (Å²) in [6.07, 6.45) is 4.98. The lowest BCUT2D eigenvalue weighted by Gasteiger charge is -2.35. The third kappa shape index (κ3) is 9.83. The second-order valence-electron chi connectivity index (χ2n) is 14.5. The number of nitrogens with zero attached hydrogens (tertiary/aromatic N) is 3. The zero-order valence-corrected chi connectivity index (χ0v) is 29.2. The van der Waals surface area contributed by atoms with Crippen molar-refractivity contribution in [1.82, 2.24) is 14.7 Å². The molecule has 10 heteroatoms. The van der Waals surface area contributed by atoms with Gasteiger partial charge in [0.1, 0.15) is 11.4 Å². The normalized spacial score (nSPS) is 21.7. The fourth-order valence-corrected chi connectivity index (χ4v) is 6.50. The molecule has 0 spiro atoms. The minimum Gasteiger partial charge on any atom is -0.493 e. The van der Waals surface area contributed by atoms with Gasteiger partial charge in [-0.2, -0.15) is 0 Å². The number of likely N-dealkylation sites (tertiary alicyclic amines) is 1. The Kier molecular flexibility index (Phi) is 12.8. The Morgan fingerprint density at radius 2 is 1.76 bits per heavy atom. The molecule has 0 aromatic heterocycles. The molecular formula is C36H57N3O7. The van der Waals surface area contributed by atoms with E-state index in [1.54, 1.807) is 12.0 Å². The largest absolute Gasteiger partial charge is 0.493 e. The molecule has 1 aliphatic carbocycles. The molecule has 258 valence electrons. The van der Waals surface area contributed by atoms with E-state index in [2.05, 4.69) is 11.8 Å². The summed E-state index contributed by atoms with van der Waals surface area (Å²) in [6.45, 7) is 16.0. The third-order valence-corrected chi connectivity index (χ3v) is 9.20. The van der Waals surface area contributed by atoms with E-state index in [-0.39, 0.29) is 47.7 Å². The molecule has 1 saturated carbocycles. The van der Waals surface area contributed by atoms with Crippen molar-refractivity contribution in [3.8, 4) is 5.75 Å². The molecular weight excluding hydrogens is 586 g/mol. The van der Waals surface area contributed by atoms with Crippen molar-refractivity contribution in [3.63, 3.8) is 0 Å². The van der Waals surface area contributed by atoms with Crippen LogP contribution in [0.5, 0.6) is 5.75 Å². The van der Waals surface area contributed by atoms with Crippen LogP contribution in [0.3, 0.4) is 0 Å². The van der Waals surface area contributed by atoms with Gasteiger partial charge in [0.2, 0.25) is 5.91 Å². The third-order valence-electron chi connectivity index (χ3n) is 9.20. The molecule has 3 fully saturated rings. The van der Waals surface area contributed by atoms with Gasteiger partial charge >= 0.3 is 6.09 Å². The van der Waals surface area contributed by atoms with E-state index in [9.17, 15) is 14.4 Å². The predicted octanol–water partition coefficient (Wildman–Crippen LogP) is 5.42. The number of methoxy groups -OCH3 is 1. The van der Waals surface area contributed by atoms with Crippen LogP contribution in [0, 0.1) is 17.8 Å². The number of aryl methyl sites for hydroxylation is 1. The number of ether oxygens (including phenoxy) is 4. The molecule has 2 aliphatic heterocycles. The van der Waals surface area contributed by atoms with Gasteiger partial charge in [-0.1, -0.05) is 13.0 Å². The highest BCUT2D eigenvalue weighted by molar-refractivity contribution is 5.95. The van der Waals surface area contributed by atoms with Gasteiger partial charge in [-0.3, -0.25) is 9.59 Å². The molecule has 1 aromatic carbocycles. The molecule has 1 unspecified atom stereocenters. The zero-order chi connectivity index (χ0) is 33.4. The summed E-state index contributed by atoms with van der Waals surface area (Å²) in [6, 6.07) is 5.90. The summed E-state index contributed by atoms with van der Waals surface area (Å²) in [5.41, 5.74) is 1.02. The first-order valence-corrected chi connectivity index (χ1v) is 17.3. The van der Waals surface area contributed by atoms with Gasteiger partial charge in [-0.15, -0.1) is 0 Å². The Morgan fingerprint density at radius 1 is 1.04 bits per heavy atom. The fourth-order valence-electron chi connectivity index (χ4n) is 6.50. The van der Waals surface area contributed by atoms with Gasteiger partial charge in [0.25, 0.3) is 5.91 Å². The molecule has 2 saturated heterocycles. The van der Waals surface area contributed by atoms with Crippen LogP contribution in [-0.2, 0) is 25.4 Å². The first kappa shape index (κ1) is 36.0. The Hall–Kier alpha value is -2.85. The van der Waals surface area contributed by atoms with Crippen LogP contribution in [-0.4, -0.2) is 110 Å². The van der Waals surface area contributed by atoms with Gasteiger partial charge in [-0.05, 0) is 84.4 Å². The minimum atomic E-state index is -0.615. The number of benzene rings is 1. The SMILES string of the molecule is CCc1ccc(C(=O)N(C[C@@H]2CN(C(=O)OC(C)(C)C)C[C@H]2CN(C(=O)C2CCCOC2)C2CC2)C(C)C)cc1OCCCOC. The van der Waals surface area contributed by atoms with Crippen LogP contribution in [0.1, 0.15) is 89.6 Å². The Labute approximate surface area is 276 Å². The van der Waals surface area contributed by atoms with Crippen LogP contribution >= 0.6 is 0 Å². The average Bonchev–Trinajstić information content (AvgIpc) is 3.79. The maximum absolute atomic E-state index is 14.1. The number of rotatable bonds is 14.